The summed E-state index contributed by atoms with van der Waals surface area (Å²) >= 11 is 0. The van der Waals surface area contributed by atoms with Crippen LogP contribution in [0.5, 0.6) is 0 Å². The summed E-state index contributed by atoms with van der Waals surface area (Å²) in [5, 5.41) is 30.5. The summed E-state index contributed by atoms with van der Waals surface area (Å²) in [5.74, 6) is 0. The molecule has 0 bridgehead atoms. The van der Waals surface area contributed by atoms with Crippen LogP contribution in [0.1, 0.15) is 35.6 Å². The maximum Gasteiger partial charge on any atom is 0.159 e. The number of hydrogen-bond acceptors (Lipinski definition) is 6. The first-order valence-corrected chi connectivity index (χ1v) is 25.6. The van der Waals surface area contributed by atoms with E-state index < -0.39 is 0 Å². The Balaban J connectivity index is 0.000000636. The van der Waals surface area contributed by atoms with Crippen molar-refractivity contribution in [3.05, 3.63) is 252 Å². The van der Waals surface area contributed by atoms with Crippen molar-refractivity contribution in [3.63, 3.8) is 0 Å². The zero-order valence-corrected chi connectivity index (χ0v) is 42.2. The molecule has 76 heavy (non-hydrogen) atoms. The van der Waals surface area contributed by atoms with Crippen LogP contribution in [0, 0.1) is 36.5 Å². The minimum atomic E-state index is 0.585. The zero-order valence-electron chi connectivity index (χ0n) is 42.2. The first kappa shape index (κ1) is 45.7. The Kier molecular flexibility index (Phi) is 11.3. The molecule has 6 heteroatoms. The Bertz CT molecular complexity index is 4610. The van der Waals surface area contributed by atoms with Gasteiger partial charge in [0, 0.05) is 49.3 Å². The van der Waals surface area contributed by atoms with Crippen molar-refractivity contribution in [2.24, 2.45) is 0 Å². The molecule has 1 aliphatic carbocycles. The van der Waals surface area contributed by atoms with E-state index in [9.17, 15) is 10.5 Å². The SMILES string of the molecule is CC1=CC=CC=CC1.Cc1ccccc1-c1cccc2c1oc1c(N(c3ccc(C#N)cc3)c3ccc4ccc5c(N(c6ccc(C#N)cc6)c6cccc7c6oc6c(C)cccc67)ccc6ccc3c4c65)cccc12. The van der Waals surface area contributed by atoms with Gasteiger partial charge in [-0.3, -0.25) is 0 Å². The molecule has 0 saturated heterocycles. The summed E-state index contributed by atoms with van der Waals surface area (Å²) < 4.78 is 13.9. The smallest absolute Gasteiger partial charge is 0.159 e. The number of nitrogens with zero attached hydrogens (tertiary/aromatic N) is 4. The van der Waals surface area contributed by atoms with Gasteiger partial charge in [0.15, 0.2) is 11.2 Å². The quantitative estimate of drug-likeness (QED) is 0.148. The zero-order chi connectivity index (χ0) is 51.4. The Morgan fingerprint density at radius 3 is 1.42 bits per heavy atom. The topological polar surface area (TPSA) is 80.3 Å². The molecule has 11 aromatic carbocycles. The van der Waals surface area contributed by atoms with Gasteiger partial charge in [0.2, 0.25) is 0 Å². The molecule has 0 radical (unpaired) electrons. The van der Waals surface area contributed by atoms with Gasteiger partial charge in [0.05, 0.1) is 46.0 Å². The maximum absolute atomic E-state index is 9.89. The predicted octanol–water partition coefficient (Wildman–Crippen LogP) is 19.8. The highest BCUT2D eigenvalue weighted by Gasteiger charge is 2.26. The number of anilines is 6. The number of fused-ring (bicyclic) bond motifs is 6. The largest absolute Gasteiger partial charge is 0.454 e. The van der Waals surface area contributed by atoms with Crippen molar-refractivity contribution < 1.29 is 8.83 Å². The molecule has 2 aromatic heterocycles. The van der Waals surface area contributed by atoms with E-state index in [1.807, 2.05) is 48.5 Å². The Hall–Kier alpha value is -10.1. The molecule has 14 rings (SSSR count). The lowest BCUT2D eigenvalue weighted by atomic mass is 9.91. The lowest BCUT2D eigenvalue weighted by Crippen LogP contribution is -2.12. The molecule has 2 heterocycles. The monoisotopic (exact) mass is 976 g/mol. The number of rotatable bonds is 7. The summed E-state index contributed by atoms with van der Waals surface area (Å²) in [7, 11) is 0. The molecule has 0 saturated carbocycles. The van der Waals surface area contributed by atoms with Crippen molar-refractivity contribution in [1.82, 2.24) is 0 Å². The lowest BCUT2D eigenvalue weighted by molar-refractivity contribution is 0.666. The highest BCUT2D eigenvalue weighted by molar-refractivity contribution is 6.29. The van der Waals surface area contributed by atoms with E-state index >= 15 is 0 Å². The second-order valence-electron chi connectivity index (χ2n) is 19.6. The molecule has 6 nitrogen and oxygen atoms in total. The molecule has 1 aliphatic rings. The van der Waals surface area contributed by atoms with Crippen LogP contribution in [0.2, 0.25) is 0 Å². The van der Waals surface area contributed by atoms with Crippen molar-refractivity contribution in [1.29, 1.82) is 10.5 Å². The third-order valence-corrected chi connectivity index (χ3v) is 14.9. The Morgan fingerprint density at radius 2 is 0.855 bits per heavy atom. The molecule has 0 atom stereocenters. The van der Waals surface area contributed by atoms with Gasteiger partial charge >= 0.3 is 0 Å². The molecule has 0 fully saturated rings. The fraction of sp³-hybridized carbons (Fsp3) is 0.0571. The maximum atomic E-state index is 9.89. The van der Waals surface area contributed by atoms with E-state index in [1.165, 1.54) is 11.1 Å². The number of hydrogen-bond donors (Lipinski definition) is 0. The fourth-order valence-electron chi connectivity index (χ4n) is 11.2. The summed E-state index contributed by atoms with van der Waals surface area (Å²) in [6.07, 6.45) is 11.6. The van der Waals surface area contributed by atoms with Gasteiger partial charge in [-0.05, 0) is 138 Å². The molecule has 0 spiro atoms. The number of furan rings is 2. The highest BCUT2D eigenvalue weighted by atomic mass is 16.3. The van der Waals surface area contributed by atoms with E-state index in [4.69, 9.17) is 8.83 Å². The van der Waals surface area contributed by atoms with Crippen LogP contribution in [0.3, 0.4) is 0 Å². The van der Waals surface area contributed by atoms with Gasteiger partial charge in [0.25, 0.3) is 0 Å². The van der Waals surface area contributed by atoms with Crippen LogP contribution in [0.15, 0.2) is 239 Å². The molecule has 0 amide bonds. The minimum Gasteiger partial charge on any atom is -0.454 e. The van der Waals surface area contributed by atoms with Gasteiger partial charge in [-0.15, -0.1) is 0 Å². The van der Waals surface area contributed by atoms with Crippen LogP contribution in [-0.2, 0) is 0 Å². The van der Waals surface area contributed by atoms with Gasteiger partial charge < -0.3 is 18.6 Å². The first-order chi connectivity index (χ1) is 37.4. The highest BCUT2D eigenvalue weighted by Crippen LogP contribution is 2.51. The van der Waals surface area contributed by atoms with Crippen LogP contribution < -0.4 is 9.80 Å². The standard InChI is InChI=1S/C62H38N4O2.C8H10/c1-37-9-3-4-11-45(37)46-13-6-14-48-50-16-8-18-56(62(50)68-60(46)48)66(44-29-21-40(36-64)22-30-44)54-34-26-42-23-31-51-53(33-25-41-24-32-52(54)58(42)57(41)51)65(43-27-19-39(35-63)20-28-43)55-17-7-15-49-47-12-5-10-38(2)59(47)67-61(49)55;1-8-6-4-2-3-5-7-8/h3-34H,1-2H3;2-6H,7H2,1H3. The predicted molar refractivity (Wildman–Crippen MR) is 315 cm³/mol. The van der Waals surface area contributed by atoms with Crippen LogP contribution >= 0.6 is 0 Å². The van der Waals surface area contributed by atoms with Gasteiger partial charge in [0.1, 0.15) is 11.2 Å². The fourth-order valence-corrected chi connectivity index (χ4v) is 11.2. The summed E-state index contributed by atoms with van der Waals surface area (Å²) in [4.78, 5) is 4.55. The molecule has 13 aromatic rings. The van der Waals surface area contributed by atoms with E-state index in [-0.39, 0.29) is 0 Å². The average molecular weight is 977 g/mol. The summed E-state index contributed by atoms with van der Waals surface area (Å²) in [6.45, 7) is 6.36. The molecular formula is C70H48N4O2. The lowest BCUT2D eigenvalue weighted by Gasteiger charge is -2.29. The van der Waals surface area contributed by atoms with E-state index in [0.29, 0.717) is 11.1 Å². The second-order valence-corrected chi connectivity index (χ2v) is 19.6. The van der Waals surface area contributed by atoms with E-state index in [2.05, 4.69) is 219 Å². The van der Waals surface area contributed by atoms with Gasteiger partial charge in [-0.1, -0.05) is 157 Å². The molecule has 360 valence electrons. The van der Waals surface area contributed by atoms with Crippen molar-refractivity contribution in [3.8, 4) is 23.3 Å². The number of allylic oxidation sites excluding steroid dienone is 6. The molecule has 0 aliphatic heterocycles. The molecule has 0 N–H and O–H groups in total. The number of benzene rings is 11. The molecule has 0 unspecified atom stereocenters. The van der Waals surface area contributed by atoms with Gasteiger partial charge in [-0.25, -0.2) is 0 Å². The average Bonchev–Trinajstić information content (AvgIpc) is 4.03. The summed E-state index contributed by atoms with van der Waals surface area (Å²) in [5.41, 5.74) is 15.8. The molecular weight excluding hydrogens is 929 g/mol. The van der Waals surface area contributed by atoms with Crippen LogP contribution in [0.4, 0.5) is 34.1 Å². The Morgan fingerprint density at radius 1 is 0.382 bits per heavy atom. The van der Waals surface area contributed by atoms with Crippen LogP contribution in [0.25, 0.3) is 87.3 Å². The number of para-hydroxylation sites is 4. The van der Waals surface area contributed by atoms with Crippen molar-refractivity contribution >= 4 is 110 Å². The minimum absolute atomic E-state index is 0.585. The Labute approximate surface area is 440 Å². The normalized spacial score (nSPS) is 12.3. The second kappa shape index (κ2) is 18.7. The first-order valence-electron chi connectivity index (χ1n) is 25.6. The van der Waals surface area contributed by atoms with Crippen LogP contribution in [-0.4, -0.2) is 0 Å². The van der Waals surface area contributed by atoms with Crippen molar-refractivity contribution in [2.45, 2.75) is 27.2 Å². The van der Waals surface area contributed by atoms with Crippen molar-refractivity contribution in [2.75, 3.05) is 9.80 Å². The van der Waals surface area contributed by atoms with E-state index in [1.54, 1.807) is 0 Å². The number of nitriles is 2. The third-order valence-electron chi connectivity index (χ3n) is 14.9. The van der Waals surface area contributed by atoms with E-state index in [0.717, 1.165) is 133 Å². The number of aryl methyl sites for hydroxylation is 2. The summed E-state index contributed by atoms with van der Waals surface area (Å²) in [6, 6.07) is 71.7. The third kappa shape index (κ3) is 7.63. The van der Waals surface area contributed by atoms with Gasteiger partial charge in [-0.2, -0.15) is 10.5 Å².